The minimum absolute atomic E-state index is 0. The Kier molecular flexibility index (Phi) is 5.21. The first-order valence-electron chi connectivity index (χ1n) is 4.21. The molecule has 0 heterocycles. The second-order valence-corrected chi connectivity index (χ2v) is 3.05. The van der Waals surface area contributed by atoms with Crippen LogP contribution in [0.3, 0.4) is 0 Å². The van der Waals surface area contributed by atoms with Crippen molar-refractivity contribution in [3.8, 4) is 0 Å². The molecule has 0 aliphatic rings. The standard InChI is InChI=1S/C9H9F4N3.ClH/c10-7-2-1-6(9(11,12)13)3-5(7)4-16-8(14)15;/h1-3H,4H2,(H4,14,15,16);1H. The van der Waals surface area contributed by atoms with Crippen LogP contribution in [-0.2, 0) is 12.7 Å². The number of aliphatic imine (C=N–C) groups is 1. The Balaban J connectivity index is 0.00000256. The Morgan fingerprint density at radius 1 is 1.24 bits per heavy atom. The first-order valence-corrected chi connectivity index (χ1v) is 4.21. The molecule has 0 aromatic heterocycles. The molecule has 0 radical (unpaired) electrons. The SMILES string of the molecule is Cl.NC(N)=NCc1cc(C(F)(F)F)ccc1F. The molecule has 1 rings (SSSR count). The first kappa shape index (κ1) is 15.5. The highest BCUT2D eigenvalue weighted by Gasteiger charge is 2.30. The second-order valence-electron chi connectivity index (χ2n) is 3.05. The van der Waals surface area contributed by atoms with Crippen molar-refractivity contribution in [2.75, 3.05) is 0 Å². The molecule has 0 saturated carbocycles. The normalized spacial score (nSPS) is 10.6. The monoisotopic (exact) mass is 271 g/mol. The number of rotatable bonds is 2. The highest BCUT2D eigenvalue weighted by Crippen LogP contribution is 2.30. The molecular formula is C9H10ClF4N3. The van der Waals surface area contributed by atoms with Gasteiger partial charge in [0.25, 0.3) is 0 Å². The van der Waals surface area contributed by atoms with Crippen LogP contribution in [-0.4, -0.2) is 5.96 Å². The molecule has 0 aliphatic carbocycles. The highest BCUT2D eigenvalue weighted by atomic mass is 35.5. The van der Waals surface area contributed by atoms with E-state index in [0.717, 1.165) is 6.07 Å². The largest absolute Gasteiger partial charge is 0.416 e. The number of alkyl halides is 3. The van der Waals surface area contributed by atoms with Crippen molar-refractivity contribution >= 4 is 18.4 Å². The average molecular weight is 272 g/mol. The van der Waals surface area contributed by atoms with Gasteiger partial charge in [-0.1, -0.05) is 0 Å². The molecule has 0 amide bonds. The Morgan fingerprint density at radius 3 is 2.29 bits per heavy atom. The summed E-state index contributed by atoms with van der Waals surface area (Å²) >= 11 is 0. The van der Waals surface area contributed by atoms with Crippen molar-refractivity contribution in [3.63, 3.8) is 0 Å². The van der Waals surface area contributed by atoms with Gasteiger partial charge in [-0.25, -0.2) is 9.38 Å². The lowest BCUT2D eigenvalue weighted by Gasteiger charge is -2.08. The van der Waals surface area contributed by atoms with Gasteiger partial charge in [0.15, 0.2) is 5.96 Å². The third-order valence-electron chi connectivity index (χ3n) is 1.81. The van der Waals surface area contributed by atoms with Crippen LogP contribution in [0.2, 0.25) is 0 Å². The number of nitrogens with two attached hydrogens (primary N) is 2. The maximum Gasteiger partial charge on any atom is 0.416 e. The summed E-state index contributed by atoms with van der Waals surface area (Å²) in [6.45, 7) is -0.321. The number of guanidine groups is 1. The van der Waals surface area contributed by atoms with E-state index in [1.165, 1.54) is 0 Å². The third-order valence-corrected chi connectivity index (χ3v) is 1.81. The average Bonchev–Trinajstić information content (AvgIpc) is 2.14. The van der Waals surface area contributed by atoms with Crippen LogP contribution in [0.25, 0.3) is 0 Å². The van der Waals surface area contributed by atoms with E-state index < -0.39 is 17.6 Å². The van der Waals surface area contributed by atoms with Crippen molar-refractivity contribution in [2.24, 2.45) is 16.5 Å². The zero-order valence-corrected chi connectivity index (χ0v) is 9.28. The molecule has 0 fully saturated rings. The van der Waals surface area contributed by atoms with E-state index in [4.69, 9.17) is 11.5 Å². The van der Waals surface area contributed by atoms with Gasteiger partial charge >= 0.3 is 6.18 Å². The van der Waals surface area contributed by atoms with E-state index >= 15 is 0 Å². The van der Waals surface area contributed by atoms with Gasteiger partial charge in [-0.3, -0.25) is 0 Å². The Hall–Kier alpha value is -1.50. The van der Waals surface area contributed by atoms with Gasteiger partial charge in [0.2, 0.25) is 0 Å². The maximum atomic E-state index is 13.1. The van der Waals surface area contributed by atoms with E-state index in [1.54, 1.807) is 0 Å². The lowest BCUT2D eigenvalue weighted by Crippen LogP contribution is -2.22. The topological polar surface area (TPSA) is 64.4 Å². The minimum atomic E-state index is -4.51. The summed E-state index contributed by atoms with van der Waals surface area (Å²) in [5.41, 5.74) is 8.85. The number of halogens is 5. The zero-order chi connectivity index (χ0) is 12.3. The van der Waals surface area contributed by atoms with Crippen molar-refractivity contribution in [3.05, 3.63) is 35.1 Å². The van der Waals surface area contributed by atoms with Gasteiger partial charge in [0, 0.05) is 5.56 Å². The fourth-order valence-electron chi connectivity index (χ4n) is 1.05. The van der Waals surface area contributed by atoms with E-state index in [1.807, 2.05) is 0 Å². The molecule has 0 aliphatic heterocycles. The smallest absolute Gasteiger partial charge is 0.370 e. The van der Waals surface area contributed by atoms with E-state index in [0.29, 0.717) is 12.1 Å². The van der Waals surface area contributed by atoms with Crippen LogP contribution in [0, 0.1) is 5.82 Å². The van der Waals surface area contributed by atoms with Crippen LogP contribution in [0.1, 0.15) is 11.1 Å². The summed E-state index contributed by atoms with van der Waals surface area (Å²) < 4.78 is 50.0. The maximum absolute atomic E-state index is 13.1. The molecule has 0 unspecified atom stereocenters. The van der Waals surface area contributed by atoms with Gasteiger partial charge in [-0.15, -0.1) is 12.4 Å². The molecule has 96 valence electrons. The lowest BCUT2D eigenvalue weighted by atomic mass is 10.1. The van der Waals surface area contributed by atoms with Crippen molar-refractivity contribution in [1.82, 2.24) is 0 Å². The Morgan fingerprint density at radius 2 is 1.82 bits per heavy atom. The molecule has 0 atom stereocenters. The summed E-state index contributed by atoms with van der Waals surface area (Å²) in [6, 6.07) is 2.08. The molecule has 1 aromatic carbocycles. The van der Waals surface area contributed by atoms with Crippen molar-refractivity contribution < 1.29 is 17.6 Å². The predicted molar refractivity (Wildman–Crippen MR) is 58.2 cm³/mol. The Bertz CT molecular complexity index is 413. The molecule has 0 bridgehead atoms. The predicted octanol–water partition coefficient (Wildman–Crippen LogP) is 2.04. The summed E-state index contributed by atoms with van der Waals surface area (Å²) in [4.78, 5) is 3.44. The number of nitrogens with zero attached hydrogens (tertiary/aromatic N) is 1. The summed E-state index contributed by atoms with van der Waals surface area (Å²) in [5.74, 6) is -1.09. The van der Waals surface area contributed by atoms with Gasteiger partial charge in [-0.2, -0.15) is 13.2 Å². The van der Waals surface area contributed by atoms with Crippen molar-refractivity contribution in [1.29, 1.82) is 0 Å². The Labute approximate surface area is 101 Å². The van der Waals surface area contributed by atoms with Gasteiger partial charge < -0.3 is 11.5 Å². The first-order chi connectivity index (χ1) is 7.30. The molecule has 0 spiro atoms. The molecule has 4 N–H and O–H groups in total. The molecule has 17 heavy (non-hydrogen) atoms. The van der Waals surface area contributed by atoms with Gasteiger partial charge in [0.05, 0.1) is 12.1 Å². The van der Waals surface area contributed by atoms with E-state index in [9.17, 15) is 17.6 Å². The van der Waals surface area contributed by atoms with Crippen LogP contribution >= 0.6 is 12.4 Å². The quantitative estimate of drug-likeness (QED) is 0.491. The summed E-state index contributed by atoms with van der Waals surface area (Å²) in [6.07, 6.45) is -4.51. The lowest BCUT2D eigenvalue weighted by molar-refractivity contribution is -0.137. The number of hydrogen-bond acceptors (Lipinski definition) is 1. The highest BCUT2D eigenvalue weighted by molar-refractivity contribution is 5.85. The van der Waals surface area contributed by atoms with Gasteiger partial charge in [-0.05, 0) is 18.2 Å². The summed E-state index contributed by atoms with van der Waals surface area (Å²) in [7, 11) is 0. The molecule has 0 saturated heterocycles. The van der Waals surface area contributed by atoms with Crippen LogP contribution < -0.4 is 11.5 Å². The fourth-order valence-corrected chi connectivity index (χ4v) is 1.05. The molecule has 8 heteroatoms. The van der Waals surface area contributed by atoms with Crippen molar-refractivity contribution in [2.45, 2.75) is 12.7 Å². The van der Waals surface area contributed by atoms with E-state index in [-0.39, 0.29) is 30.5 Å². The molecule has 1 aromatic rings. The third kappa shape index (κ3) is 4.48. The second kappa shape index (κ2) is 5.72. The van der Waals surface area contributed by atoms with Gasteiger partial charge in [0.1, 0.15) is 5.82 Å². The molecule has 3 nitrogen and oxygen atoms in total. The summed E-state index contributed by atoms with van der Waals surface area (Å²) in [5, 5.41) is 0. The van der Waals surface area contributed by atoms with Crippen LogP contribution in [0.15, 0.2) is 23.2 Å². The van der Waals surface area contributed by atoms with Crippen LogP contribution in [0.5, 0.6) is 0 Å². The number of benzene rings is 1. The molecular weight excluding hydrogens is 262 g/mol. The van der Waals surface area contributed by atoms with Crippen LogP contribution in [0.4, 0.5) is 17.6 Å². The minimum Gasteiger partial charge on any atom is -0.370 e. The zero-order valence-electron chi connectivity index (χ0n) is 8.46. The fraction of sp³-hybridized carbons (Fsp3) is 0.222. The van der Waals surface area contributed by atoms with E-state index in [2.05, 4.69) is 4.99 Å². The number of hydrogen-bond donors (Lipinski definition) is 2.